The molecule has 0 aliphatic heterocycles. The largest absolute Gasteiger partial charge is 0.379 e. The summed E-state index contributed by atoms with van der Waals surface area (Å²) in [4.78, 5) is 18.3. The zero-order valence-electron chi connectivity index (χ0n) is 13.1. The average Bonchev–Trinajstić information content (AvgIpc) is 3.26. The van der Waals surface area contributed by atoms with Gasteiger partial charge < -0.3 is 15.0 Å². The summed E-state index contributed by atoms with van der Waals surface area (Å²) in [6, 6.07) is 5.75. The first-order valence-electron chi connectivity index (χ1n) is 7.63. The Hall–Kier alpha value is -1.62. The molecule has 0 bridgehead atoms. The minimum absolute atomic E-state index is 0.0718. The maximum Gasteiger partial charge on any atom is 0.272 e. The Balaban J connectivity index is 1.82. The lowest BCUT2D eigenvalue weighted by Crippen LogP contribution is -2.31. The van der Waals surface area contributed by atoms with E-state index in [1.807, 2.05) is 26.0 Å². The summed E-state index contributed by atoms with van der Waals surface area (Å²) in [6.45, 7) is 6.09. The van der Waals surface area contributed by atoms with Gasteiger partial charge in [-0.3, -0.25) is 4.79 Å². The van der Waals surface area contributed by atoms with E-state index >= 15 is 0 Å². The van der Waals surface area contributed by atoms with Crippen LogP contribution in [0.15, 0.2) is 18.2 Å². The lowest BCUT2D eigenvalue weighted by atomic mass is 10.3. The summed E-state index contributed by atoms with van der Waals surface area (Å²) in [6.07, 6.45) is 2.57. The van der Waals surface area contributed by atoms with Gasteiger partial charge in [0.15, 0.2) is 0 Å². The quantitative estimate of drug-likeness (QED) is 0.747. The monoisotopic (exact) mass is 291 g/mol. The first-order valence-corrected chi connectivity index (χ1v) is 7.63. The second kappa shape index (κ2) is 7.41. The summed E-state index contributed by atoms with van der Waals surface area (Å²) in [5.74, 6) is 1.41. The minimum Gasteiger partial charge on any atom is -0.379 e. The second-order valence-electron chi connectivity index (χ2n) is 5.95. The van der Waals surface area contributed by atoms with Gasteiger partial charge in [0.1, 0.15) is 11.5 Å². The highest BCUT2D eigenvalue weighted by molar-refractivity contribution is 5.92. The van der Waals surface area contributed by atoms with E-state index in [0.29, 0.717) is 18.8 Å². The van der Waals surface area contributed by atoms with Crippen molar-refractivity contribution in [1.29, 1.82) is 0 Å². The van der Waals surface area contributed by atoms with Crippen LogP contribution in [0, 0.1) is 5.92 Å². The molecule has 1 aliphatic rings. The number of nitrogens with zero attached hydrogens (tertiary/aromatic N) is 2. The predicted molar refractivity (Wildman–Crippen MR) is 83.5 cm³/mol. The lowest BCUT2D eigenvalue weighted by molar-refractivity contribution is 0.0676. The fourth-order valence-corrected chi connectivity index (χ4v) is 1.96. The normalized spacial score (nSPS) is 14.3. The van der Waals surface area contributed by atoms with Gasteiger partial charge in [-0.25, -0.2) is 4.98 Å². The summed E-state index contributed by atoms with van der Waals surface area (Å²) >= 11 is 0. The van der Waals surface area contributed by atoms with Crippen molar-refractivity contribution in [3.05, 3.63) is 23.9 Å². The van der Waals surface area contributed by atoms with Gasteiger partial charge in [-0.2, -0.15) is 0 Å². The SMILES string of the molecule is CC(C)Nc1cccc(C(=O)N(C)CCOCC2CC2)n1. The Morgan fingerprint density at radius 1 is 1.48 bits per heavy atom. The molecule has 1 amide bonds. The van der Waals surface area contributed by atoms with Gasteiger partial charge >= 0.3 is 0 Å². The summed E-state index contributed by atoms with van der Waals surface area (Å²) in [5.41, 5.74) is 0.463. The molecule has 0 aromatic carbocycles. The first kappa shape index (κ1) is 15.8. The highest BCUT2D eigenvalue weighted by Gasteiger charge is 2.21. The van der Waals surface area contributed by atoms with Crippen LogP contribution in [0.3, 0.4) is 0 Å². The minimum atomic E-state index is -0.0718. The van der Waals surface area contributed by atoms with Gasteiger partial charge in [0.25, 0.3) is 5.91 Å². The molecule has 2 rings (SSSR count). The summed E-state index contributed by atoms with van der Waals surface area (Å²) in [5, 5.41) is 3.20. The van der Waals surface area contributed by atoms with Crippen molar-refractivity contribution in [3.8, 4) is 0 Å². The number of aromatic nitrogens is 1. The number of anilines is 1. The lowest BCUT2D eigenvalue weighted by Gasteiger charge is -2.17. The molecular weight excluding hydrogens is 266 g/mol. The van der Waals surface area contributed by atoms with Crippen LogP contribution in [0.1, 0.15) is 37.2 Å². The molecule has 0 unspecified atom stereocenters. The highest BCUT2D eigenvalue weighted by Crippen LogP contribution is 2.28. The van der Waals surface area contributed by atoms with Crippen LogP contribution in [0.5, 0.6) is 0 Å². The van der Waals surface area contributed by atoms with Gasteiger partial charge in [-0.05, 0) is 44.7 Å². The average molecular weight is 291 g/mol. The standard InChI is InChI=1S/C16H25N3O2/c1-12(2)17-15-6-4-5-14(18-15)16(20)19(3)9-10-21-11-13-7-8-13/h4-6,12-13H,7-11H2,1-3H3,(H,17,18). The molecule has 5 heteroatoms. The fourth-order valence-electron chi connectivity index (χ4n) is 1.96. The van der Waals surface area contributed by atoms with E-state index in [1.165, 1.54) is 12.8 Å². The van der Waals surface area contributed by atoms with Crippen molar-refractivity contribution in [2.45, 2.75) is 32.7 Å². The molecule has 0 radical (unpaired) electrons. The molecule has 1 saturated carbocycles. The maximum absolute atomic E-state index is 12.3. The van der Waals surface area contributed by atoms with E-state index in [2.05, 4.69) is 10.3 Å². The van der Waals surface area contributed by atoms with Crippen molar-refractivity contribution in [1.82, 2.24) is 9.88 Å². The van der Waals surface area contributed by atoms with Gasteiger partial charge in [-0.1, -0.05) is 6.07 Å². The Morgan fingerprint density at radius 3 is 2.90 bits per heavy atom. The molecular formula is C16H25N3O2. The molecule has 1 N–H and O–H groups in total. The molecule has 116 valence electrons. The van der Waals surface area contributed by atoms with Crippen molar-refractivity contribution in [2.24, 2.45) is 5.92 Å². The van der Waals surface area contributed by atoms with Crippen molar-refractivity contribution < 1.29 is 9.53 Å². The van der Waals surface area contributed by atoms with E-state index in [9.17, 15) is 4.79 Å². The third kappa shape index (κ3) is 5.34. The molecule has 1 heterocycles. The highest BCUT2D eigenvalue weighted by atomic mass is 16.5. The Labute approximate surface area is 126 Å². The molecule has 0 saturated heterocycles. The van der Waals surface area contributed by atoms with E-state index in [-0.39, 0.29) is 11.9 Å². The Morgan fingerprint density at radius 2 is 2.24 bits per heavy atom. The van der Waals surface area contributed by atoms with Crippen LogP contribution >= 0.6 is 0 Å². The molecule has 5 nitrogen and oxygen atoms in total. The summed E-state index contributed by atoms with van der Waals surface area (Å²) < 4.78 is 5.56. The maximum atomic E-state index is 12.3. The van der Waals surface area contributed by atoms with Crippen molar-refractivity contribution >= 4 is 11.7 Å². The van der Waals surface area contributed by atoms with Crippen molar-refractivity contribution in [3.63, 3.8) is 0 Å². The molecule has 1 aromatic rings. The van der Waals surface area contributed by atoms with E-state index in [4.69, 9.17) is 4.74 Å². The number of rotatable bonds is 8. The first-order chi connectivity index (χ1) is 10.1. The van der Waals surface area contributed by atoms with Crippen LogP contribution < -0.4 is 5.32 Å². The molecule has 1 aliphatic carbocycles. The van der Waals surface area contributed by atoms with E-state index in [1.54, 1.807) is 18.0 Å². The topological polar surface area (TPSA) is 54.5 Å². The predicted octanol–water partition coefficient (Wildman–Crippen LogP) is 2.40. The number of nitrogens with one attached hydrogen (secondary N) is 1. The van der Waals surface area contributed by atoms with Crippen LogP contribution in [0.4, 0.5) is 5.82 Å². The fraction of sp³-hybridized carbons (Fsp3) is 0.625. The number of pyridine rings is 1. The number of ether oxygens (including phenoxy) is 1. The zero-order chi connectivity index (χ0) is 15.2. The second-order valence-corrected chi connectivity index (χ2v) is 5.95. The molecule has 1 aromatic heterocycles. The van der Waals surface area contributed by atoms with Crippen LogP contribution in [-0.4, -0.2) is 48.6 Å². The number of carbonyl (C=O) groups excluding carboxylic acids is 1. The number of carbonyl (C=O) groups is 1. The smallest absolute Gasteiger partial charge is 0.272 e. The Kier molecular flexibility index (Phi) is 5.56. The zero-order valence-corrected chi connectivity index (χ0v) is 13.1. The van der Waals surface area contributed by atoms with Crippen molar-refractivity contribution in [2.75, 3.05) is 32.1 Å². The van der Waals surface area contributed by atoms with Gasteiger partial charge in [0, 0.05) is 26.2 Å². The molecule has 21 heavy (non-hydrogen) atoms. The third-order valence-electron chi connectivity index (χ3n) is 3.37. The van der Waals surface area contributed by atoms with Crippen LogP contribution in [0.25, 0.3) is 0 Å². The number of amides is 1. The van der Waals surface area contributed by atoms with Gasteiger partial charge in [0.05, 0.1) is 6.61 Å². The van der Waals surface area contributed by atoms with Crippen LogP contribution in [-0.2, 0) is 4.74 Å². The van der Waals surface area contributed by atoms with Gasteiger partial charge in [0.2, 0.25) is 0 Å². The Bertz CT molecular complexity index is 472. The van der Waals surface area contributed by atoms with Crippen LogP contribution in [0.2, 0.25) is 0 Å². The van der Waals surface area contributed by atoms with E-state index in [0.717, 1.165) is 18.3 Å². The molecule has 0 atom stereocenters. The van der Waals surface area contributed by atoms with E-state index < -0.39 is 0 Å². The third-order valence-corrected chi connectivity index (χ3v) is 3.37. The number of likely N-dealkylation sites (N-methyl/N-ethyl adjacent to an activating group) is 1. The molecule has 1 fully saturated rings. The van der Waals surface area contributed by atoms with Gasteiger partial charge in [-0.15, -0.1) is 0 Å². The number of hydrogen-bond donors (Lipinski definition) is 1. The molecule has 0 spiro atoms. The number of hydrogen-bond acceptors (Lipinski definition) is 4. The summed E-state index contributed by atoms with van der Waals surface area (Å²) in [7, 11) is 1.78.